The standard InChI is InChI=1S/C25H39N3O7/c1-3-4-5-6-7-10-17-14-25(17,23(32)34-2)27-22(31)20-13-18(29)16-28(20)21(30)15-26-24(33)35-19-11-8-9-12-19/h7,10,17-20,29H,3-6,8-9,11-16H2,1-2H3,(H,26,33)(H,27,31)/b10-7-/t17?,18?,20?,25-/m1/s1. The van der Waals surface area contributed by atoms with Gasteiger partial charge in [-0.2, -0.15) is 0 Å². The van der Waals surface area contributed by atoms with Gasteiger partial charge in [0.05, 0.1) is 13.2 Å². The summed E-state index contributed by atoms with van der Waals surface area (Å²) < 4.78 is 10.2. The number of allylic oxidation sites excluding steroid dienone is 1. The molecule has 0 bridgehead atoms. The normalized spacial score (nSPS) is 28.2. The first-order valence-electron chi connectivity index (χ1n) is 12.8. The summed E-state index contributed by atoms with van der Waals surface area (Å²) in [5.41, 5.74) is -1.15. The number of hydrogen-bond donors (Lipinski definition) is 3. The summed E-state index contributed by atoms with van der Waals surface area (Å²) in [7, 11) is 1.28. The number of nitrogens with one attached hydrogen (secondary N) is 2. The van der Waals surface area contributed by atoms with Gasteiger partial charge in [-0.05, 0) is 44.9 Å². The van der Waals surface area contributed by atoms with Gasteiger partial charge >= 0.3 is 12.1 Å². The first-order chi connectivity index (χ1) is 16.8. The molecule has 10 heteroatoms. The number of hydrogen-bond acceptors (Lipinski definition) is 7. The number of amides is 3. The highest BCUT2D eigenvalue weighted by atomic mass is 16.6. The Hall–Kier alpha value is -2.62. The molecule has 35 heavy (non-hydrogen) atoms. The Bertz CT molecular complexity index is 811. The molecule has 1 saturated heterocycles. The number of carbonyl (C=O) groups is 4. The minimum absolute atomic E-state index is 0.0255. The summed E-state index contributed by atoms with van der Waals surface area (Å²) in [5.74, 6) is -1.72. The lowest BCUT2D eigenvalue weighted by Gasteiger charge is -2.26. The zero-order valence-corrected chi connectivity index (χ0v) is 20.8. The summed E-state index contributed by atoms with van der Waals surface area (Å²) >= 11 is 0. The summed E-state index contributed by atoms with van der Waals surface area (Å²) in [6.07, 6.45) is 10.7. The molecular weight excluding hydrogens is 454 g/mol. The number of alkyl carbamates (subject to hydrolysis) is 1. The molecule has 1 heterocycles. The molecule has 4 atom stereocenters. The van der Waals surface area contributed by atoms with E-state index >= 15 is 0 Å². The minimum atomic E-state index is -1.15. The van der Waals surface area contributed by atoms with Crippen LogP contribution in [0.2, 0.25) is 0 Å². The zero-order chi connectivity index (χ0) is 25.4. The minimum Gasteiger partial charge on any atom is -0.467 e. The van der Waals surface area contributed by atoms with Crippen molar-refractivity contribution in [1.29, 1.82) is 0 Å². The van der Waals surface area contributed by atoms with Crippen LogP contribution in [0.3, 0.4) is 0 Å². The van der Waals surface area contributed by atoms with Crippen LogP contribution >= 0.6 is 0 Å². The first-order valence-corrected chi connectivity index (χ1v) is 12.8. The number of unbranched alkanes of at least 4 members (excludes halogenated alkanes) is 3. The topological polar surface area (TPSA) is 134 Å². The fourth-order valence-corrected chi connectivity index (χ4v) is 4.99. The van der Waals surface area contributed by atoms with Crippen molar-refractivity contribution >= 4 is 23.9 Å². The number of likely N-dealkylation sites (tertiary alicyclic amines) is 1. The van der Waals surface area contributed by atoms with Gasteiger partial charge in [0.1, 0.15) is 24.2 Å². The van der Waals surface area contributed by atoms with Crippen LogP contribution in [0.5, 0.6) is 0 Å². The SMILES string of the molecule is CCCCC/C=C\C1C[C@]1(NC(=O)C1CC(O)CN1C(=O)CNC(=O)OC1CCCC1)C(=O)OC. The first kappa shape index (κ1) is 27.0. The molecule has 10 nitrogen and oxygen atoms in total. The van der Waals surface area contributed by atoms with Gasteiger partial charge in [0.25, 0.3) is 0 Å². The van der Waals surface area contributed by atoms with Gasteiger partial charge in [0, 0.05) is 18.9 Å². The number of β-amino-alcohol motifs (C(OH)–C–C–N with tert-alkyl or cyclic N) is 1. The van der Waals surface area contributed by atoms with Gasteiger partial charge in [-0.1, -0.05) is 31.9 Å². The average Bonchev–Trinajstić information content (AvgIpc) is 3.15. The highest BCUT2D eigenvalue weighted by Crippen LogP contribution is 2.46. The van der Waals surface area contributed by atoms with Crippen molar-refractivity contribution in [1.82, 2.24) is 15.5 Å². The number of nitrogens with zero attached hydrogens (tertiary/aromatic N) is 1. The highest BCUT2D eigenvalue weighted by Gasteiger charge is 2.62. The molecule has 3 fully saturated rings. The van der Waals surface area contributed by atoms with Gasteiger partial charge < -0.3 is 30.1 Å². The average molecular weight is 494 g/mol. The number of aliphatic hydroxyl groups is 1. The van der Waals surface area contributed by atoms with Gasteiger partial charge in [0.15, 0.2) is 0 Å². The lowest BCUT2D eigenvalue weighted by Crippen LogP contribution is -2.54. The Kier molecular flexibility index (Phi) is 9.54. The maximum atomic E-state index is 13.2. The van der Waals surface area contributed by atoms with E-state index in [2.05, 4.69) is 17.6 Å². The summed E-state index contributed by atoms with van der Waals surface area (Å²) in [5, 5.41) is 15.4. The summed E-state index contributed by atoms with van der Waals surface area (Å²) in [6.45, 7) is 1.77. The third-order valence-electron chi connectivity index (χ3n) is 7.12. The molecular formula is C25H39N3O7. The van der Waals surface area contributed by atoms with Crippen LogP contribution in [0.4, 0.5) is 4.79 Å². The smallest absolute Gasteiger partial charge is 0.407 e. The van der Waals surface area contributed by atoms with Crippen LogP contribution in [0.15, 0.2) is 12.2 Å². The number of carbonyl (C=O) groups excluding carboxylic acids is 4. The van der Waals surface area contributed by atoms with E-state index < -0.39 is 41.6 Å². The molecule has 0 aromatic heterocycles. The largest absolute Gasteiger partial charge is 0.467 e. The Morgan fingerprint density at radius 2 is 1.91 bits per heavy atom. The maximum absolute atomic E-state index is 13.2. The van der Waals surface area contributed by atoms with E-state index in [-0.39, 0.29) is 31.5 Å². The lowest BCUT2D eigenvalue weighted by molar-refractivity contribution is -0.148. The van der Waals surface area contributed by atoms with Crippen molar-refractivity contribution in [2.45, 2.75) is 94.9 Å². The van der Waals surface area contributed by atoms with E-state index in [9.17, 15) is 24.3 Å². The molecule has 3 unspecified atom stereocenters. The van der Waals surface area contributed by atoms with Gasteiger partial charge in [-0.15, -0.1) is 0 Å². The lowest BCUT2D eigenvalue weighted by atomic mass is 10.1. The fourth-order valence-electron chi connectivity index (χ4n) is 4.99. The second-order valence-electron chi connectivity index (χ2n) is 9.80. The van der Waals surface area contributed by atoms with Crippen LogP contribution in [0.25, 0.3) is 0 Å². The molecule has 0 aromatic carbocycles. The van der Waals surface area contributed by atoms with E-state index in [4.69, 9.17) is 9.47 Å². The van der Waals surface area contributed by atoms with Crippen LogP contribution in [-0.2, 0) is 23.9 Å². The van der Waals surface area contributed by atoms with E-state index in [0.717, 1.165) is 51.4 Å². The van der Waals surface area contributed by atoms with E-state index in [1.165, 1.54) is 12.0 Å². The molecule has 3 N–H and O–H groups in total. The molecule has 2 saturated carbocycles. The van der Waals surface area contributed by atoms with Crippen LogP contribution in [0.1, 0.15) is 71.1 Å². The van der Waals surface area contributed by atoms with E-state index in [0.29, 0.717) is 6.42 Å². The summed E-state index contributed by atoms with van der Waals surface area (Å²) in [4.78, 5) is 51.7. The second-order valence-corrected chi connectivity index (χ2v) is 9.80. The monoisotopic (exact) mass is 493 g/mol. The molecule has 0 aromatic rings. The second kappa shape index (κ2) is 12.4. The highest BCUT2D eigenvalue weighted by molar-refractivity contribution is 5.96. The molecule has 3 aliphatic rings. The fraction of sp³-hybridized carbons (Fsp3) is 0.760. The van der Waals surface area contributed by atoms with Crippen LogP contribution in [0, 0.1) is 5.92 Å². The van der Waals surface area contributed by atoms with Crippen LogP contribution in [-0.4, -0.2) is 77.9 Å². The Morgan fingerprint density at radius 3 is 2.60 bits per heavy atom. The van der Waals surface area contributed by atoms with Crippen molar-refractivity contribution in [2.24, 2.45) is 5.92 Å². The third-order valence-corrected chi connectivity index (χ3v) is 7.12. The molecule has 1 aliphatic heterocycles. The van der Waals surface area contributed by atoms with Gasteiger partial charge in [-0.3, -0.25) is 9.59 Å². The molecule has 0 spiro atoms. The van der Waals surface area contributed by atoms with E-state index in [1.54, 1.807) is 0 Å². The summed E-state index contributed by atoms with van der Waals surface area (Å²) in [6, 6.07) is -0.943. The third kappa shape index (κ3) is 6.96. The number of methoxy groups -OCH3 is 1. The molecule has 196 valence electrons. The number of ether oxygens (including phenoxy) is 2. The zero-order valence-electron chi connectivity index (χ0n) is 20.8. The van der Waals surface area contributed by atoms with Crippen molar-refractivity contribution in [3.63, 3.8) is 0 Å². The Labute approximate surface area is 206 Å². The van der Waals surface area contributed by atoms with Crippen LogP contribution < -0.4 is 10.6 Å². The molecule has 3 rings (SSSR count). The van der Waals surface area contributed by atoms with Crippen molar-refractivity contribution in [2.75, 3.05) is 20.2 Å². The van der Waals surface area contributed by atoms with Crippen molar-refractivity contribution in [3.8, 4) is 0 Å². The number of rotatable bonds is 11. The predicted octanol–water partition coefficient (Wildman–Crippen LogP) is 1.80. The maximum Gasteiger partial charge on any atom is 0.407 e. The van der Waals surface area contributed by atoms with E-state index in [1.807, 2.05) is 12.2 Å². The Balaban J connectivity index is 1.56. The molecule has 2 aliphatic carbocycles. The molecule has 0 radical (unpaired) electrons. The Morgan fingerprint density at radius 1 is 1.17 bits per heavy atom. The quantitative estimate of drug-likeness (QED) is 0.227. The van der Waals surface area contributed by atoms with Crippen molar-refractivity contribution in [3.05, 3.63) is 12.2 Å². The predicted molar refractivity (Wildman–Crippen MR) is 127 cm³/mol. The number of aliphatic hydroxyl groups excluding tert-OH is 1. The van der Waals surface area contributed by atoms with Gasteiger partial charge in [-0.25, -0.2) is 9.59 Å². The molecule has 3 amide bonds. The van der Waals surface area contributed by atoms with Gasteiger partial charge in [0.2, 0.25) is 11.8 Å². The van der Waals surface area contributed by atoms with Crippen molar-refractivity contribution < 1.29 is 33.8 Å². The number of esters is 1.